The van der Waals surface area contributed by atoms with Gasteiger partial charge in [-0.25, -0.2) is 9.48 Å². The Morgan fingerprint density at radius 2 is 1.75 bits per heavy atom. The van der Waals surface area contributed by atoms with Crippen molar-refractivity contribution in [3.8, 4) is 0 Å². The molecule has 1 aromatic rings. The summed E-state index contributed by atoms with van der Waals surface area (Å²) in [7, 11) is 0. The molecule has 0 bridgehead atoms. The van der Waals surface area contributed by atoms with Crippen LogP contribution in [0.1, 0.15) is 76.1 Å². The van der Waals surface area contributed by atoms with Gasteiger partial charge in [-0.15, -0.1) is 5.10 Å². The molecule has 5 heteroatoms. The van der Waals surface area contributed by atoms with Crippen LogP contribution < -0.4 is 0 Å². The molecule has 5 nitrogen and oxygen atoms in total. The van der Waals surface area contributed by atoms with Crippen LogP contribution in [0.5, 0.6) is 0 Å². The van der Waals surface area contributed by atoms with Crippen molar-refractivity contribution >= 4 is 5.97 Å². The topological polar surface area (TPSA) is 68.0 Å². The van der Waals surface area contributed by atoms with E-state index in [1.807, 2.05) is 25.5 Å². The summed E-state index contributed by atoms with van der Waals surface area (Å²) in [5.41, 5.74) is 0.570. The Labute approximate surface area is 120 Å². The predicted molar refractivity (Wildman–Crippen MR) is 76.9 cm³/mol. The highest BCUT2D eigenvalue weighted by Crippen LogP contribution is 2.38. The van der Waals surface area contributed by atoms with Gasteiger partial charge in [0, 0.05) is 5.41 Å². The highest BCUT2D eigenvalue weighted by atomic mass is 16.4. The number of aromatic nitrogens is 3. The average Bonchev–Trinajstić information content (AvgIpc) is 2.71. The summed E-state index contributed by atoms with van der Waals surface area (Å²) in [6, 6.07) is 0.267. The maximum atomic E-state index is 11.4. The van der Waals surface area contributed by atoms with Gasteiger partial charge in [0.2, 0.25) is 0 Å². The fourth-order valence-electron chi connectivity index (χ4n) is 3.50. The number of carbonyl (C=O) groups is 1. The van der Waals surface area contributed by atoms with E-state index in [9.17, 15) is 9.90 Å². The molecule has 1 saturated carbocycles. The van der Waals surface area contributed by atoms with Crippen LogP contribution in [-0.4, -0.2) is 26.1 Å². The minimum atomic E-state index is -0.988. The first-order chi connectivity index (χ1) is 9.20. The summed E-state index contributed by atoms with van der Waals surface area (Å²) >= 11 is 0. The zero-order valence-corrected chi connectivity index (χ0v) is 13.1. The number of aromatic carboxylic acids is 1. The first kappa shape index (κ1) is 15.0. The zero-order chi connectivity index (χ0) is 15.1. The molecule has 1 heterocycles. The Morgan fingerprint density at radius 3 is 2.20 bits per heavy atom. The molecule has 0 amide bonds. The molecule has 0 aromatic carbocycles. The second-order valence-corrected chi connectivity index (χ2v) is 7.36. The molecule has 2 atom stereocenters. The lowest BCUT2D eigenvalue weighted by molar-refractivity contribution is 0.0687. The minimum absolute atomic E-state index is 0.100. The number of hydrogen-bond acceptors (Lipinski definition) is 3. The molecule has 1 aliphatic rings. The lowest BCUT2D eigenvalue weighted by Gasteiger charge is -2.33. The van der Waals surface area contributed by atoms with Crippen molar-refractivity contribution in [2.75, 3.05) is 0 Å². The molecule has 20 heavy (non-hydrogen) atoms. The fourth-order valence-corrected chi connectivity index (χ4v) is 3.50. The lowest BCUT2D eigenvalue weighted by atomic mass is 9.80. The Morgan fingerprint density at radius 1 is 1.20 bits per heavy atom. The second kappa shape index (κ2) is 5.19. The van der Waals surface area contributed by atoms with Crippen LogP contribution in [0.25, 0.3) is 0 Å². The van der Waals surface area contributed by atoms with Crippen molar-refractivity contribution in [3.63, 3.8) is 0 Å². The normalized spacial score (nSPS) is 27.6. The second-order valence-electron chi connectivity index (χ2n) is 7.36. The van der Waals surface area contributed by atoms with Crippen molar-refractivity contribution in [2.45, 2.75) is 65.3 Å². The van der Waals surface area contributed by atoms with Gasteiger partial charge in [0.05, 0.1) is 11.7 Å². The molecule has 1 N–H and O–H groups in total. The maximum absolute atomic E-state index is 11.4. The van der Waals surface area contributed by atoms with Gasteiger partial charge in [-0.05, 0) is 31.1 Å². The van der Waals surface area contributed by atoms with Crippen molar-refractivity contribution in [2.24, 2.45) is 11.8 Å². The van der Waals surface area contributed by atoms with Gasteiger partial charge in [0.15, 0.2) is 5.69 Å². The van der Waals surface area contributed by atoms with E-state index in [0.29, 0.717) is 11.8 Å². The molecule has 2 unspecified atom stereocenters. The van der Waals surface area contributed by atoms with E-state index in [2.05, 4.69) is 24.2 Å². The van der Waals surface area contributed by atoms with Crippen LogP contribution in [0.3, 0.4) is 0 Å². The van der Waals surface area contributed by atoms with E-state index in [4.69, 9.17) is 0 Å². The third-order valence-corrected chi connectivity index (χ3v) is 4.11. The predicted octanol–water partition coefficient (Wildman–Crippen LogP) is 3.27. The Bertz CT molecular complexity index is 492. The van der Waals surface area contributed by atoms with Gasteiger partial charge in [-0.1, -0.05) is 39.8 Å². The van der Waals surface area contributed by atoms with E-state index in [1.54, 1.807) is 0 Å². The van der Waals surface area contributed by atoms with Gasteiger partial charge >= 0.3 is 5.97 Å². The van der Waals surface area contributed by atoms with Crippen LogP contribution in [0, 0.1) is 11.8 Å². The molecule has 2 rings (SSSR count). The molecular weight excluding hydrogens is 254 g/mol. The number of hydrogen-bond donors (Lipinski definition) is 1. The van der Waals surface area contributed by atoms with Crippen LogP contribution >= 0.6 is 0 Å². The number of carboxylic acids is 1. The maximum Gasteiger partial charge on any atom is 0.358 e. The molecule has 0 aliphatic heterocycles. The summed E-state index contributed by atoms with van der Waals surface area (Å²) in [6.07, 6.45) is 3.34. The smallest absolute Gasteiger partial charge is 0.358 e. The van der Waals surface area contributed by atoms with E-state index in [-0.39, 0.29) is 17.2 Å². The average molecular weight is 279 g/mol. The van der Waals surface area contributed by atoms with Gasteiger partial charge in [-0.3, -0.25) is 0 Å². The molecule has 0 saturated heterocycles. The van der Waals surface area contributed by atoms with E-state index in [1.165, 1.54) is 6.42 Å². The molecule has 0 radical (unpaired) electrons. The number of nitrogens with zero attached hydrogens (tertiary/aromatic N) is 3. The van der Waals surface area contributed by atoms with Crippen molar-refractivity contribution in [1.29, 1.82) is 0 Å². The number of carboxylic acid groups (broad SMARTS) is 1. The van der Waals surface area contributed by atoms with Gasteiger partial charge < -0.3 is 5.11 Å². The monoisotopic (exact) mass is 279 g/mol. The molecule has 112 valence electrons. The third kappa shape index (κ3) is 2.86. The minimum Gasteiger partial charge on any atom is -0.476 e. The van der Waals surface area contributed by atoms with Crippen LogP contribution in [-0.2, 0) is 5.41 Å². The van der Waals surface area contributed by atoms with Crippen LogP contribution in [0.4, 0.5) is 0 Å². The zero-order valence-electron chi connectivity index (χ0n) is 13.1. The van der Waals surface area contributed by atoms with Crippen molar-refractivity contribution in [3.05, 3.63) is 11.4 Å². The highest BCUT2D eigenvalue weighted by molar-refractivity contribution is 5.86. The molecule has 0 spiro atoms. The summed E-state index contributed by atoms with van der Waals surface area (Å²) < 4.78 is 1.88. The Balaban J connectivity index is 2.44. The van der Waals surface area contributed by atoms with Crippen molar-refractivity contribution in [1.82, 2.24) is 15.0 Å². The third-order valence-electron chi connectivity index (χ3n) is 4.11. The van der Waals surface area contributed by atoms with E-state index < -0.39 is 5.97 Å². The molecular formula is C15H25N3O2. The van der Waals surface area contributed by atoms with E-state index in [0.717, 1.165) is 18.5 Å². The van der Waals surface area contributed by atoms with Gasteiger partial charge in [-0.2, -0.15) is 0 Å². The summed E-state index contributed by atoms with van der Waals surface area (Å²) in [6.45, 7) is 10.6. The lowest BCUT2D eigenvalue weighted by Crippen LogP contribution is -2.29. The first-order valence-electron chi connectivity index (χ1n) is 7.39. The summed E-state index contributed by atoms with van der Waals surface area (Å²) in [4.78, 5) is 11.4. The molecule has 1 aromatic heterocycles. The highest BCUT2D eigenvalue weighted by Gasteiger charge is 2.34. The quantitative estimate of drug-likeness (QED) is 0.902. The Kier molecular flexibility index (Phi) is 3.89. The largest absolute Gasteiger partial charge is 0.476 e. The summed E-state index contributed by atoms with van der Waals surface area (Å²) in [5.74, 6) is 0.307. The molecule has 1 aliphatic carbocycles. The standard InChI is InChI=1S/C15H25N3O2/c1-9-6-10(2)8-11(7-9)18-13(15(3,4)5)12(14(19)20)16-17-18/h9-11H,6-8H2,1-5H3,(H,19,20). The van der Waals surface area contributed by atoms with Crippen LogP contribution in [0.15, 0.2) is 0 Å². The van der Waals surface area contributed by atoms with Crippen molar-refractivity contribution < 1.29 is 9.90 Å². The number of rotatable bonds is 2. The first-order valence-corrected chi connectivity index (χ1v) is 7.39. The van der Waals surface area contributed by atoms with Gasteiger partial charge in [0.25, 0.3) is 0 Å². The Hall–Kier alpha value is -1.39. The summed E-state index contributed by atoms with van der Waals surface area (Å²) in [5, 5.41) is 17.4. The molecule has 1 fully saturated rings. The SMILES string of the molecule is CC1CC(C)CC(n2nnc(C(=O)O)c2C(C)(C)C)C1. The van der Waals surface area contributed by atoms with Gasteiger partial charge in [0.1, 0.15) is 0 Å². The van der Waals surface area contributed by atoms with E-state index >= 15 is 0 Å². The van der Waals surface area contributed by atoms with Crippen LogP contribution in [0.2, 0.25) is 0 Å². The fraction of sp³-hybridized carbons (Fsp3) is 0.800.